The minimum Gasteiger partial charge on any atom is -0.507 e. The van der Waals surface area contributed by atoms with Crippen molar-refractivity contribution in [3.63, 3.8) is 0 Å². The zero-order valence-electron chi connectivity index (χ0n) is 17.5. The van der Waals surface area contributed by atoms with Crippen molar-refractivity contribution in [1.29, 1.82) is 0 Å². The van der Waals surface area contributed by atoms with Crippen molar-refractivity contribution < 1.29 is 19.3 Å². The van der Waals surface area contributed by atoms with Crippen LogP contribution >= 0.6 is 0 Å². The third kappa shape index (κ3) is 3.63. The summed E-state index contributed by atoms with van der Waals surface area (Å²) in [6.45, 7) is 4.03. The van der Waals surface area contributed by atoms with Crippen LogP contribution < -0.4 is 0 Å². The first-order chi connectivity index (χ1) is 15.5. The van der Waals surface area contributed by atoms with Crippen molar-refractivity contribution >= 4 is 0 Å². The van der Waals surface area contributed by atoms with E-state index in [-0.39, 0.29) is 11.5 Å². The highest BCUT2D eigenvalue weighted by atomic mass is 16.5. The number of aryl methyl sites for hydroxylation is 2. The molecule has 158 valence electrons. The van der Waals surface area contributed by atoms with Gasteiger partial charge in [-0.2, -0.15) is 0 Å². The SMILES string of the molecule is Cc1ccc(-c2cc(-c3cc(-c4cc(-c5ccc(C)cc5)on4)c(O)cc3O)no2)cc1. The quantitative estimate of drug-likeness (QED) is 0.349. The van der Waals surface area contributed by atoms with Gasteiger partial charge < -0.3 is 19.3 Å². The van der Waals surface area contributed by atoms with Crippen LogP contribution in [0.3, 0.4) is 0 Å². The number of rotatable bonds is 4. The number of hydrogen-bond donors (Lipinski definition) is 2. The van der Waals surface area contributed by atoms with Gasteiger partial charge in [-0.1, -0.05) is 70.0 Å². The first kappa shape index (κ1) is 19.6. The Morgan fingerprint density at radius 2 is 0.969 bits per heavy atom. The molecule has 3 aromatic carbocycles. The Morgan fingerprint density at radius 1 is 0.562 bits per heavy atom. The van der Waals surface area contributed by atoms with Crippen molar-refractivity contribution in [2.45, 2.75) is 13.8 Å². The molecular formula is C26H20N2O4. The molecule has 2 N–H and O–H groups in total. The van der Waals surface area contributed by atoms with Gasteiger partial charge in [0.25, 0.3) is 0 Å². The molecule has 6 nitrogen and oxygen atoms in total. The normalized spacial score (nSPS) is 11.1. The number of benzene rings is 3. The van der Waals surface area contributed by atoms with Crippen molar-refractivity contribution in [2.75, 3.05) is 0 Å². The summed E-state index contributed by atoms with van der Waals surface area (Å²) in [5.41, 5.74) is 5.78. The Kier molecular flexibility index (Phi) is 4.75. The summed E-state index contributed by atoms with van der Waals surface area (Å²) in [5, 5.41) is 29.1. The number of phenols is 2. The van der Waals surface area contributed by atoms with E-state index in [1.165, 1.54) is 6.07 Å². The Morgan fingerprint density at radius 3 is 1.38 bits per heavy atom. The molecule has 5 aromatic rings. The van der Waals surface area contributed by atoms with Crippen LogP contribution in [0.2, 0.25) is 0 Å². The van der Waals surface area contributed by atoms with Crippen LogP contribution in [0.1, 0.15) is 11.1 Å². The highest BCUT2D eigenvalue weighted by Crippen LogP contribution is 2.40. The molecule has 0 fully saturated rings. The number of nitrogens with zero attached hydrogens (tertiary/aromatic N) is 2. The Hall–Kier alpha value is -4.32. The second-order valence-corrected chi connectivity index (χ2v) is 7.77. The number of aromatic hydroxyl groups is 2. The second-order valence-electron chi connectivity index (χ2n) is 7.77. The van der Waals surface area contributed by atoms with Gasteiger partial charge in [-0.25, -0.2) is 0 Å². The first-order valence-electron chi connectivity index (χ1n) is 10.1. The molecule has 0 amide bonds. The van der Waals surface area contributed by atoms with Crippen LogP contribution in [0.4, 0.5) is 0 Å². The summed E-state index contributed by atoms with van der Waals surface area (Å²) in [6, 6.07) is 22.1. The molecule has 6 heteroatoms. The highest BCUT2D eigenvalue weighted by molar-refractivity contribution is 5.81. The van der Waals surface area contributed by atoms with Crippen LogP contribution in [-0.2, 0) is 0 Å². The first-order valence-corrected chi connectivity index (χ1v) is 10.1. The molecule has 0 atom stereocenters. The second kappa shape index (κ2) is 7.74. The van der Waals surface area contributed by atoms with Crippen LogP contribution in [-0.4, -0.2) is 20.5 Å². The standard InChI is InChI=1S/C26H20N2O4/c1-15-3-7-17(8-4-15)25-12-21(27-31-25)19-11-20(24(30)14-23(19)29)22-13-26(32-28-22)18-9-5-16(2)6-10-18/h3-14,29-30H,1-2H3. The van der Waals surface area contributed by atoms with Gasteiger partial charge in [0, 0.05) is 40.5 Å². The van der Waals surface area contributed by atoms with E-state index in [0.29, 0.717) is 34.0 Å². The lowest BCUT2D eigenvalue weighted by Crippen LogP contribution is -1.84. The van der Waals surface area contributed by atoms with Crippen molar-refractivity contribution in [1.82, 2.24) is 10.3 Å². The zero-order valence-corrected chi connectivity index (χ0v) is 17.5. The van der Waals surface area contributed by atoms with E-state index in [9.17, 15) is 10.2 Å². The largest absolute Gasteiger partial charge is 0.507 e. The predicted octanol–water partition coefficient (Wildman–Crippen LogP) is 6.36. The van der Waals surface area contributed by atoms with Crippen LogP contribution in [0.25, 0.3) is 45.2 Å². The van der Waals surface area contributed by atoms with Crippen LogP contribution in [0.5, 0.6) is 11.5 Å². The summed E-state index contributed by atoms with van der Waals surface area (Å²) in [6.07, 6.45) is 0. The molecule has 5 rings (SSSR count). The molecule has 2 heterocycles. The molecule has 0 saturated heterocycles. The fraction of sp³-hybridized carbons (Fsp3) is 0.0769. The lowest BCUT2D eigenvalue weighted by molar-refractivity contribution is 0.430. The molecule has 32 heavy (non-hydrogen) atoms. The molecular weight excluding hydrogens is 404 g/mol. The molecule has 0 unspecified atom stereocenters. The summed E-state index contributed by atoms with van der Waals surface area (Å²) >= 11 is 0. The van der Waals surface area contributed by atoms with Crippen molar-refractivity contribution in [2.24, 2.45) is 0 Å². The lowest BCUT2D eigenvalue weighted by atomic mass is 10.0. The molecule has 0 spiro atoms. The van der Waals surface area contributed by atoms with E-state index in [1.54, 1.807) is 18.2 Å². The topological polar surface area (TPSA) is 92.5 Å². The maximum absolute atomic E-state index is 10.5. The van der Waals surface area contributed by atoms with E-state index in [2.05, 4.69) is 10.3 Å². The Balaban J connectivity index is 1.52. The smallest absolute Gasteiger partial charge is 0.167 e. The van der Waals surface area contributed by atoms with Gasteiger partial charge >= 0.3 is 0 Å². The predicted molar refractivity (Wildman–Crippen MR) is 121 cm³/mol. The molecule has 0 aliphatic carbocycles. The van der Waals surface area contributed by atoms with E-state index in [4.69, 9.17) is 9.05 Å². The van der Waals surface area contributed by atoms with Crippen molar-refractivity contribution in [3.05, 3.63) is 83.9 Å². The summed E-state index contributed by atoms with van der Waals surface area (Å²) < 4.78 is 11.0. The van der Waals surface area contributed by atoms with Gasteiger partial charge in [0.2, 0.25) is 0 Å². The van der Waals surface area contributed by atoms with Gasteiger partial charge in [0.1, 0.15) is 22.9 Å². The van der Waals surface area contributed by atoms with E-state index in [1.807, 2.05) is 62.4 Å². The summed E-state index contributed by atoms with van der Waals surface area (Å²) in [4.78, 5) is 0. The summed E-state index contributed by atoms with van der Waals surface area (Å²) in [7, 11) is 0. The van der Waals surface area contributed by atoms with Gasteiger partial charge in [0.05, 0.1) is 0 Å². The molecule has 2 aromatic heterocycles. The Labute approximate surface area is 184 Å². The van der Waals surface area contributed by atoms with Gasteiger partial charge in [-0.05, 0) is 19.9 Å². The molecule has 0 aliphatic heterocycles. The number of aromatic nitrogens is 2. The van der Waals surface area contributed by atoms with Crippen LogP contribution in [0, 0.1) is 13.8 Å². The van der Waals surface area contributed by atoms with Gasteiger partial charge in [-0.3, -0.25) is 0 Å². The monoisotopic (exact) mass is 424 g/mol. The summed E-state index contributed by atoms with van der Waals surface area (Å²) in [5.74, 6) is 0.934. The number of phenolic OH excluding ortho intramolecular Hbond substituents is 2. The lowest BCUT2D eigenvalue weighted by Gasteiger charge is -2.06. The minimum atomic E-state index is -0.114. The van der Waals surface area contributed by atoms with Gasteiger partial charge in [-0.15, -0.1) is 0 Å². The molecule has 0 aliphatic rings. The molecule has 0 bridgehead atoms. The number of hydrogen-bond acceptors (Lipinski definition) is 6. The maximum atomic E-state index is 10.5. The zero-order chi connectivity index (χ0) is 22.2. The maximum Gasteiger partial charge on any atom is 0.167 e. The molecule has 0 radical (unpaired) electrons. The minimum absolute atomic E-state index is 0.114. The van der Waals surface area contributed by atoms with Crippen molar-refractivity contribution in [3.8, 4) is 56.7 Å². The average molecular weight is 424 g/mol. The fourth-order valence-electron chi connectivity index (χ4n) is 3.50. The third-order valence-corrected chi connectivity index (χ3v) is 5.36. The van der Waals surface area contributed by atoms with E-state index in [0.717, 1.165) is 22.3 Å². The van der Waals surface area contributed by atoms with Crippen LogP contribution in [0.15, 0.2) is 81.8 Å². The van der Waals surface area contributed by atoms with E-state index < -0.39 is 0 Å². The molecule has 0 saturated carbocycles. The fourth-order valence-corrected chi connectivity index (χ4v) is 3.50. The Bertz CT molecular complexity index is 1290. The average Bonchev–Trinajstić information content (AvgIpc) is 3.45. The third-order valence-electron chi connectivity index (χ3n) is 5.36. The van der Waals surface area contributed by atoms with E-state index >= 15 is 0 Å². The highest BCUT2D eigenvalue weighted by Gasteiger charge is 2.19. The van der Waals surface area contributed by atoms with Gasteiger partial charge in [0.15, 0.2) is 11.5 Å².